The fourth-order valence-electron chi connectivity index (χ4n) is 3.08. The zero-order chi connectivity index (χ0) is 20.3. The predicted molar refractivity (Wildman–Crippen MR) is 115 cm³/mol. The number of carbonyl (C=O) groups excluding carboxylic acids is 1. The summed E-state index contributed by atoms with van der Waals surface area (Å²) in [5, 5.41) is 2.83. The van der Waals surface area contributed by atoms with Gasteiger partial charge in [-0.2, -0.15) is 0 Å². The Hall–Kier alpha value is -2.79. The quantitative estimate of drug-likeness (QED) is 0.518. The Kier molecular flexibility index (Phi) is 6.05. The highest BCUT2D eigenvalue weighted by Gasteiger charge is 2.14. The van der Waals surface area contributed by atoms with Gasteiger partial charge in [-0.15, -0.1) is 0 Å². The molecule has 0 radical (unpaired) electrons. The Balaban J connectivity index is 1.87. The third kappa shape index (κ3) is 4.20. The molecule has 0 fully saturated rings. The monoisotopic (exact) mass is 438 g/mol. The highest BCUT2D eigenvalue weighted by atomic mass is 79.9. The van der Waals surface area contributed by atoms with Crippen molar-refractivity contribution in [3.05, 3.63) is 99.0 Å². The molecule has 142 valence electrons. The summed E-state index contributed by atoms with van der Waals surface area (Å²) in [6.45, 7) is 5.57. The molecular formula is C23H20BrFN2O. The van der Waals surface area contributed by atoms with E-state index in [1.807, 2.05) is 44.2 Å². The summed E-state index contributed by atoms with van der Waals surface area (Å²) >= 11 is 3.46. The molecule has 3 aromatic rings. The van der Waals surface area contributed by atoms with Crippen LogP contribution in [0.4, 0.5) is 10.1 Å². The maximum Gasteiger partial charge on any atom is 0.257 e. The number of amides is 1. The summed E-state index contributed by atoms with van der Waals surface area (Å²) in [7, 11) is 0. The Morgan fingerprint density at radius 1 is 1.07 bits per heavy atom. The van der Waals surface area contributed by atoms with Gasteiger partial charge in [0.1, 0.15) is 5.82 Å². The third-order valence-corrected chi connectivity index (χ3v) is 5.15. The van der Waals surface area contributed by atoms with E-state index in [2.05, 4.69) is 44.4 Å². The number of aryl methyl sites for hydroxylation is 1. The second-order valence-electron chi connectivity index (χ2n) is 6.49. The molecule has 1 aromatic heterocycles. The predicted octanol–water partition coefficient (Wildman–Crippen LogP) is 6.30. The van der Waals surface area contributed by atoms with Crippen LogP contribution in [-0.2, 0) is 0 Å². The van der Waals surface area contributed by atoms with Crippen molar-refractivity contribution < 1.29 is 9.18 Å². The molecule has 1 N–H and O–H groups in total. The lowest BCUT2D eigenvalue weighted by Gasteiger charge is -2.14. The number of anilines is 1. The van der Waals surface area contributed by atoms with E-state index in [0.717, 1.165) is 32.9 Å². The summed E-state index contributed by atoms with van der Waals surface area (Å²) in [5.41, 5.74) is 5.52. The van der Waals surface area contributed by atoms with Crippen LogP contribution in [0.2, 0.25) is 0 Å². The van der Waals surface area contributed by atoms with Crippen molar-refractivity contribution in [2.24, 2.45) is 0 Å². The molecule has 3 nitrogen and oxygen atoms in total. The smallest absolute Gasteiger partial charge is 0.257 e. The first-order valence-electron chi connectivity index (χ1n) is 8.85. The third-order valence-electron chi connectivity index (χ3n) is 4.62. The van der Waals surface area contributed by atoms with Crippen LogP contribution >= 0.6 is 15.9 Å². The Labute approximate surface area is 172 Å². The molecule has 0 aliphatic carbocycles. The molecule has 1 amide bonds. The summed E-state index contributed by atoms with van der Waals surface area (Å²) in [5.74, 6) is -0.873. The number of nitrogens with zero attached hydrogens (tertiary/aromatic N) is 1. The van der Waals surface area contributed by atoms with Crippen molar-refractivity contribution in [3.8, 4) is 0 Å². The molecule has 0 atom stereocenters. The summed E-state index contributed by atoms with van der Waals surface area (Å²) < 4.78 is 14.7. The van der Waals surface area contributed by atoms with Gasteiger partial charge in [0.05, 0.1) is 11.8 Å². The van der Waals surface area contributed by atoms with E-state index in [-0.39, 0.29) is 17.0 Å². The maximum atomic E-state index is 13.7. The van der Waals surface area contributed by atoms with Crippen molar-refractivity contribution in [2.75, 3.05) is 5.32 Å². The van der Waals surface area contributed by atoms with Crippen LogP contribution in [0.1, 0.15) is 39.5 Å². The summed E-state index contributed by atoms with van der Waals surface area (Å²) in [4.78, 5) is 16.3. The number of rotatable bonds is 4. The maximum absolute atomic E-state index is 13.7. The first-order chi connectivity index (χ1) is 13.4. The number of pyridine rings is 1. The van der Waals surface area contributed by atoms with Gasteiger partial charge in [0.25, 0.3) is 5.91 Å². The molecule has 0 bridgehead atoms. The van der Waals surface area contributed by atoms with E-state index in [1.54, 1.807) is 6.92 Å². The molecule has 0 saturated heterocycles. The Bertz CT molecular complexity index is 1060. The van der Waals surface area contributed by atoms with E-state index >= 15 is 0 Å². The van der Waals surface area contributed by atoms with Gasteiger partial charge in [0.15, 0.2) is 0 Å². The minimum atomic E-state index is -0.494. The van der Waals surface area contributed by atoms with Crippen molar-refractivity contribution in [1.29, 1.82) is 0 Å². The minimum absolute atomic E-state index is 0.228. The highest BCUT2D eigenvalue weighted by molar-refractivity contribution is 9.10. The van der Waals surface area contributed by atoms with Crippen LogP contribution < -0.4 is 5.32 Å². The average Bonchev–Trinajstić information content (AvgIpc) is 2.67. The Morgan fingerprint density at radius 3 is 2.43 bits per heavy atom. The first-order valence-corrected chi connectivity index (χ1v) is 9.64. The number of hydrogen-bond acceptors (Lipinski definition) is 2. The van der Waals surface area contributed by atoms with Gasteiger partial charge < -0.3 is 5.32 Å². The molecular weight excluding hydrogens is 419 g/mol. The van der Waals surface area contributed by atoms with Gasteiger partial charge in [0.2, 0.25) is 0 Å². The van der Waals surface area contributed by atoms with Gasteiger partial charge in [-0.3, -0.25) is 9.78 Å². The van der Waals surface area contributed by atoms with Crippen LogP contribution in [0, 0.1) is 19.7 Å². The highest BCUT2D eigenvalue weighted by Crippen LogP contribution is 2.29. The fourth-order valence-corrected chi connectivity index (χ4v) is 3.34. The minimum Gasteiger partial charge on any atom is -0.322 e. The average molecular weight is 439 g/mol. The van der Waals surface area contributed by atoms with E-state index in [0.29, 0.717) is 5.69 Å². The number of nitrogens with one attached hydrogen (secondary N) is 1. The van der Waals surface area contributed by atoms with Crippen LogP contribution in [0.15, 0.2) is 65.4 Å². The van der Waals surface area contributed by atoms with Crippen molar-refractivity contribution in [1.82, 2.24) is 4.98 Å². The van der Waals surface area contributed by atoms with E-state index in [9.17, 15) is 9.18 Å². The number of carbonyl (C=O) groups is 1. The molecule has 1 heterocycles. The lowest BCUT2D eigenvalue weighted by Crippen LogP contribution is -2.14. The number of benzene rings is 2. The molecule has 5 heteroatoms. The van der Waals surface area contributed by atoms with Crippen molar-refractivity contribution >= 4 is 33.1 Å². The second kappa shape index (κ2) is 8.48. The lowest BCUT2D eigenvalue weighted by molar-refractivity contribution is 0.102. The normalized spacial score (nSPS) is 11.4. The van der Waals surface area contributed by atoms with E-state index in [1.165, 1.54) is 6.20 Å². The van der Waals surface area contributed by atoms with Gasteiger partial charge in [-0.1, -0.05) is 40.2 Å². The first kappa shape index (κ1) is 20.0. The standard InChI is InChI=1S/C23H20BrFN2O/c1-4-19(16-5-7-17(24)8-6-16)20-10-9-18(11-14(20)2)27-23(28)21-12-26-13-22(25)15(21)3/h4-13H,1-3H3,(H,27,28). The second-order valence-corrected chi connectivity index (χ2v) is 7.40. The topological polar surface area (TPSA) is 42.0 Å². The van der Waals surface area contributed by atoms with E-state index in [4.69, 9.17) is 0 Å². The Morgan fingerprint density at radius 2 is 1.79 bits per heavy atom. The van der Waals surface area contributed by atoms with Crippen LogP contribution in [0.25, 0.3) is 5.57 Å². The van der Waals surface area contributed by atoms with Crippen molar-refractivity contribution in [3.63, 3.8) is 0 Å². The molecule has 0 aliphatic rings. The van der Waals surface area contributed by atoms with Gasteiger partial charge in [0, 0.05) is 21.9 Å². The van der Waals surface area contributed by atoms with Crippen LogP contribution in [0.5, 0.6) is 0 Å². The van der Waals surface area contributed by atoms with E-state index < -0.39 is 5.82 Å². The molecule has 0 aliphatic heterocycles. The lowest BCUT2D eigenvalue weighted by atomic mass is 9.94. The van der Waals surface area contributed by atoms with Gasteiger partial charge in [-0.25, -0.2) is 4.39 Å². The number of allylic oxidation sites excluding steroid dienone is 1. The van der Waals surface area contributed by atoms with Crippen molar-refractivity contribution in [2.45, 2.75) is 20.8 Å². The van der Waals surface area contributed by atoms with Gasteiger partial charge in [-0.05, 0) is 67.3 Å². The van der Waals surface area contributed by atoms with Crippen LogP contribution in [-0.4, -0.2) is 10.9 Å². The molecule has 0 unspecified atom stereocenters. The molecule has 0 saturated carbocycles. The van der Waals surface area contributed by atoms with Crippen LogP contribution in [0.3, 0.4) is 0 Å². The largest absolute Gasteiger partial charge is 0.322 e. The summed E-state index contributed by atoms with van der Waals surface area (Å²) in [6, 6.07) is 13.9. The number of halogens is 2. The molecule has 0 spiro atoms. The zero-order valence-electron chi connectivity index (χ0n) is 15.9. The SMILES string of the molecule is CC=C(c1ccc(Br)cc1)c1ccc(NC(=O)c2cncc(F)c2C)cc1C. The molecule has 28 heavy (non-hydrogen) atoms. The number of aromatic nitrogens is 1. The summed E-state index contributed by atoms with van der Waals surface area (Å²) in [6.07, 6.45) is 4.55. The molecule has 3 rings (SSSR count). The zero-order valence-corrected chi connectivity index (χ0v) is 17.5. The molecule has 2 aromatic carbocycles. The number of hydrogen-bond donors (Lipinski definition) is 1. The van der Waals surface area contributed by atoms with Gasteiger partial charge >= 0.3 is 0 Å². The fraction of sp³-hybridized carbons (Fsp3) is 0.130.